The van der Waals surface area contributed by atoms with E-state index in [4.69, 9.17) is 9.47 Å². The maximum atomic E-state index is 13.8. The van der Waals surface area contributed by atoms with E-state index in [9.17, 15) is 14.4 Å². The van der Waals surface area contributed by atoms with Crippen LogP contribution in [-0.2, 0) is 14.3 Å². The molecule has 1 aromatic heterocycles. The number of hydrogen-bond donors (Lipinski definition) is 1. The molecule has 4 bridgehead atoms. The van der Waals surface area contributed by atoms with Crippen LogP contribution in [0.15, 0.2) is 0 Å². The van der Waals surface area contributed by atoms with Crippen molar-refractivity contribution in [3.8, 4) is 0 Å². The first kappa shape index (κ1) is 23.3. The molecule has 7 heteroatoms. The molecule has 1 amide bonds. The van der Waals surface area contributed by atoms with E-state index >= 15 is 0 Å². The van der Waals surface area contributed by atoms with Crippen molar-refractivity contribution in [1.29, 1.82) is 0 Å². The fourth-order valence-corrected chi connectivity index (χ4v) is 8.53. The molecule has 4 aliphatic carbocycles. The highest BCUT2D eigenvalue weighted by atomic mass is 32.1. The molecule has 1 heterocycles. The van der Waals surface area contributed by atoms with Gasteiger partial charge in [-0.2, -0.15) is 0 Å². The Morgan fingerprint density at radius 2 is 1.69 bits per heavy atom. The molecule has 2 atom stereocenters. The molecule has 6 nitrogen and oxygen atoms in total. The molecule has 4 saturated carbocycles. The van der Waals surface area contributed by atoms with Crippen LogP contribution in [0.4, 0.5) is 5.00 Å². The summed E-state index contributed by atoms with van der Waals surface area (Å²) in [6.45, 7) is 11.9. The number of carbonyl (C=O) groups is 3. The number of nitrogens with one attached hydrogen (secondary N) is 1. The van der Waals surface area contributed by atoms with Crippen LogP contribution in [0.5, 0.6) is 0 Å². The molecule has 4 aliphatic rings. The first-order valence-corrected chi connectivity index (χ1v) is 12.5. The Hall–Kier alpha value is -1.89. The van der Waals surface area contributed by atoms with Gasteiger partial charge in [0.1, 0.15) is 9.88 Å². The average Bonchev–Trinajstić information content (AvgIpc) is 2.94. The number of hydrogen-bond acceptors (Lipinski definition) is 6. The molecule has 0 aliphatic heterocycles. The van der Waals surface area contributed by atoms with Crippen LogP contribution < -0.4 is 5.32 Å². The second-order valence-electron chi connectivity index (χ2n) is 11.3. The van der Waals surface area contributed by atoms with Crippen LogP contribution in [0.1, 0.15) is 98.7 Å². The van der Waals surface area contributed by atoms with Gasteiger partial charge < -0.3 is 14.8 Å². The van der Waals surface area contributed by atoms with E-state index < -0.39 is 17.4 Å². The molecule has 4 fully saturated rings. The second-order valence-corrected chi connectivity index (χ2v) is 12.3. The van der Waals surface area contributed by atoms with Gasteiger partial charge in [0.15, 0.2) is 0 Å². The summed E-state index contributed by atoms with van der Waals surface area (Å²) >= 11 is 1.11. The second kappa shape index (κ2) is 7.86. The topological polar surface area (TPSA) is 81.7 Å². The van der Waals surface area contributed by atoms with Gasteiger partial charge in [-0.05, 0) is 88.5 Å². The van der Waals surface area contributed by atoms with Gasteiger partial charge in [-0.15, -0.1) is 11.3 Å². The first-order valence-electron chi connectivity index (χ1n) is 11.7. The Balaban J connectivity index is 1.67. The van der Waals surface area contributed by atoms with Crippen molar-refractivity contribution in [3.05, 3.63) is 16.0 Å². The Bertz CT molecular complexity index is 946. The van der Waals surface area contributed by atoms with Gasteiger partial charge in [0.05, 0.1) is 23.7 Å². The van der Waals surface area contributed by atoms with Gasteiger partial charge in [0, 0.05) is 0 Å². The summed E-state index contributed by atoms with van der Waals surface area (Å²) in [6.07, 6.45) is 5.97. The van der Waals surface area contributed by atoms with E-state index in [0.717, 1.165) is 30.6 Å². The van der Waals surface area contributed by atoms with E-state index in [0.29, 0.717) is 21.4 Å². The SMILES string of the molecule is CCOC(=O)c1sc(NC(=O)C23CC4C[C@](C)(C2)C[C@](C)(C4)C3)c(C(=O)OC(C)C)c1C. The minimum Gasteiger partial charge on any atom is -0.462 e. The van der Waals surface area contributed by atoms with Crippen LogP contribution in [0.2, 0.25) is 0 Å². The van der Waals surface area contributed by atoms with Crippen LogP contribution in [0.3, 0.4) is 0 Å². The molecule has 0 radical (unpaired) electrons. The Labute approximate surface area is 194 Å². The third kappa shape index (κ3) is 3.97. The van der Waals surface area contributed by atoms with Crippen molar-refractivity contribution in [2.75, 3.05) is 11.9 Å². The Morgan fingerprint density at radius 3 is 2.22 bits per heavy atom. The van der Waals surface area contributed by atoms with Crippen molar-refractivity contribution in [2.45, 2.75) is 86.2 Å². The van der Waals surface area contributed by atoms with Crippen LogP contribution in [0, 0.1) is 29.1 Å². The summed E-state index contributed by atoms with van der Waals surface area (Å²) in [4.78, 5) is 39.5. The third-order valence-corrected chi connectivity index (χ3v) is 8.68. The van der Waals surface area contributed by atoms with Crippen LogP contribution in [-0.4, -0.2) is 30.6 Å². The molecule has 1 aromatic rings. The fourth-order valence-electron chi connectivity index (χ4n) is 7.45. The minimum absolute atomic E-state index is 0.0192. The number of rotatable bonds is 6. The highest BCUT2D eigenvalue weighted by Crippen LogP contribution is 2.69. The molecular formula is C25H35NO5S. The molecule has 1 N–H and O–H groups in total. The smallest absolute Gasteiger partial charge is 0.348 e. The number of esters is 2. The zero-order chi connectivity index (χ0) is 23.5. The summed E-state index contributed by atoms with van der Waals surface area (Å²) < 4.78 is 10.6. The first-order chi connectivity index (χ1) is 14.9. The van der Waals surface area contributed by atoms with Gasteiger partial charge in [-0.1, -0.05) is 13.8 Å². The van der Waals surface area contributed by atoms with E-state index in [1.807, 2.05) is 0 Å². The van der Waals surface area contributed by atoms with E-state index in [-0.39, 0.29) is 35.0 Å². The summed E-state index contributed by atoms with van der Waals surface area (Å²) in [5.41, 5.74) is 0.754. The van der Waals surface area contributed by atoms with Crippen molar-refractivity contribution in [1.82, 2.24) is 0 Å². The van der Waals surface area contributed by atoms with Crippen molar-refractivity contribution in [3.63, 3.8) is 0 Å². The molecule has 0 spiro atoms. The highest BCUT2D eigenvalue weighted by molar-refractivity contribution is 7.18. The summed E-state index contributed by atoms with van der Waals surface area (Å²) in [7, 11) is 0. The lowest BCUT2D eigenvalue weighted by Crippen LogP contribution is -2.58. The van der Waals surface area contributed by atoms with Gasteiger partial charge >= 0.3 is 11.9 Å². The van der Waals surface area contributed by atoms with Gasteiger partial charge in [-0.25, -0.2) is 9.59 Å². The number of anilines is 1. The predicted octanol–water partition coefficient (Wildman–Crippen LogP) is 5.73. The molecule has 0 saturated heterocycles. The van der Waals surface area contributed by atoms with E-state index in [1.54, 1.807) is 27.7 Å². The van der Waals surface area contributed by atoms with E-state index in [1.165, 1.54) is 19.3 Å². The van der Waals surface area contributed by atoms with Crippen molar-refractivity contribution in [2.24, 2.45) is 22.2 Å². The maximum absolute atomic E-state index is 13.8. The van der Waals surface area contributed by atoms with Crippen LogP contribution in [0.25, 0.3) is 0 Å². The third-order valence-electron chi connectivity index (χ3n) is 7.49. The van der Waals surface area contributed by atoms with Gasteiger partial charge in [-0.3, -0.25) is 4.79 Å². The number of thiophene rings is 1. The number of carbonyl (C=O) groups excluding carboxylic acids is 3. The minimum atomic E-state index is -0.524. The number of ether oxygens (including phenoxy) is 2. The Kier molecular flexibility index (Phi) is 5.71. The summed E-state index contributed by atoms with van der Waals surface area (Å²) in [5.74, 6) is -0.445. The number of amides is 1. The zero-order valence-electron chi connectivity index (χ0n) is 20.1. The lowest BCUT2D eigenvalue weighted by atomic mass is 9.40. The molecule has 0 aromatic carbocycles. The highest BCUT2D eigenvalue weighted by Gasteiger charge is 2.62. The lowest BCUT2D eigenvalue weighted by Gasteiger charge is -2.64. The quantitative estimate of drug-likeness (QED) is 0.547. The predicted molar refractivity (Wildman–Crippen MR) is 124 cm³/mol. The normalized spacial score (nSPS) is 32.8. The van der Waals surface area contributed by atoms with E-state index in [2.05, 4.69) is 19.2 Å². The summed E-state index contributed by atoms with van der Waals surface area (Å²) in [6, 6.07) is 0. The van der Waals surface area contributed by atoms with Crippen LogP contribution >= 0.6 is 11.3 Å². The van der Waals surface area contributed by atoms with Crippen molar-refractivity contribution < 1.29 is 23.9 Å². The Morgan fingerprint density at radius 1 is 1.06 bits per heavy atom. The largest absolute Gasteiger partial charge is 0.462 e. The van der Waals surface area contributed by atoms with Crippen molar-refractivity contribution >= 4 is 34.2 Å². The lowest BCUT2D eigenvalue weighted by molar-refractivity contribution is -0.165. The maximum Gasteiger partial charge on any atom is 0.348 e. The monoisotopic (exact) mass is 461 g/mol. The molecular weight excluding hydrogens is 426 g/mol. The van der Waals surface area contributed by atoms with Gasteiger partial charge in [0.2, 0.25) is 5.91 Å². The average molecular weight is 462 g/mol. The summed E-state index contributed by atoms with van der Waals surface area (Å²) in [5, 5.41) is 3.48. The molecule has 5 rings (SSSR count). The molecule has 0 unspecified atom stereocenters. The molecule has 176 valence electrons. The van der Waals surface area contributed by atoms with Gasteiger partial charge in [0.25, 0.3) is 0 Å². The zero-order valence-corrected chi connectivity index (χ0v) is 20.9. The fraction of sp³-hybridized carbons (Fsp3) is 0.720. The standard InChI is InChI=1S/C25H35NO5S/c1-7-30-21(28)18-15(4)17(20(27)31-14(2)3)19(32-18)26-22(29)25-10-16-8-23(5,12-25)11-24(6,9-16)13-25/h14,16H,7-13H2,1-6H3,(H,26,29)/t16?,23-,24-,25?/m0/s1. The molecule has 32 heavy (non-hydrogen) atoms.